The molecule has 0 aromatic carbocycles. The van der Waals surface area contributed by atoms with Gasteiger partial charge in [-0.1, -0.05) is 0 Å². The summed E-state index contributed by atoms with van der Waals surface area (Å²) in [5.41, 5.74) is -0.760. The first-order valence-electron chi connectivity index (χ1n) is 2.70. The first kappa shape index (κ1) is 11.2. The lowest BCUT2D eigenvalue weighted by atomic mass is 10.3. The van der Waals surface area contributed by atoms with E-state index in [1.54, 1.807) is 4.86 Å². The zero-order chi connectivity index (χ0) is 8.85. The first-order valence-corrected chi connectivity index (χ1v) is 5.10. The van der Waals surface area contributed by atoms with Gasteiger partial charge < -0.3 is 10.2 Å². The Balaban J connectivity index is 3.89. The summed E-state index contributed by atoms with van der Waals surface area (Å²) in [5.74, 6) is -2.11. The van der Waals surface area contributed by atoms with E-state index in [4.69, 9.17) is 10.2 Å². The van der Waals surface area contributed by atoms with Crippen molar-refractivity contribution in [2.45, 2.75) is 12.1 Å². The topological polar surface area (TPSA) is 74.6 Å². The van der Waals surface area contributed by atoms with Crippen LogP contribution in [0, 0.1) is 0 Å². The Morgan fingerprint density at radius 2 is 2.09 bits per heavy atom. The number of halogens is 1. The summed E-state index contributed by atoms with van der Waals surface area (Å²) >= 11 is 1.91. The van der Waals surface area contributed by atoms with Crippen LogP contribution in [0.1, 0.15) is 6.42 Å². The van der Waals surface area contributed by atoms with Gasteiger partial charge in [0.15, 0.2) is 0 Å². The van der Waals surface area contributed by atoms with Crippen molar-refractivity contribution >= 4 is 47.6 Å². The van der Waals surface area contributed by atoms with Gasteiger partial charge in [0.05, 0.1) is 12.1 Å². The van der Waals surface area contributed by atoms with Gasteiger partial charge in [0, 0.05) is 0 Å². The second-order valence-corrected chi connectivity index (χ2v) is 4.88. The molecule has 4 nitrogen and oxygen atoms in total. The second-order valence-electron chi connectivity index (χ2n) is 1.76. The molecule has 0 spiro atoms. The number of carboxylic acids is 2. The van der Waals surface area contributed by atoms with Crippen LogP contribution in [0.3, 0.4) is 0 Å². The van der Waals surface area contributed by atoms with Crippen molar-refractivity contribution in [2.75, 3.05) is 0 Å². The Bertz CT molecular complexity index is 164. The number of rotatable bonds is 5. The van der Waals surface area contributed by atoms with Crippen LogP contribution in [-0.2, 0) is 9.59 Å². The lowest BCUT2D eigenvalue weighted by Crippen LogP contribution is -2.19. The predicted octanol–water partition coefficient (Wildman–Crippen LogP) is 0.562. The Kier molecular flexibility index (Phi) is 5.86. The summed E-state index contributed by atoms with van der Waals surface area (Å²) < 4.78 is 0. The Morgan fingerprint density at radius 1 is 1.55 bits per heavy atom. The minimum atomic E-state index is -1.07. The van der Waals surface area contributed by atoms with Gasteiger partial charge in [-0.2, -0.15) is 22.4 Å². The molecular formula is C4H6BIO4P. The van der Waals surface area contributed by atoms with Crippen LogP contribution in [0.15, 0.2) is 0 Å². The van der Waals surface area contributed by atoms with Gasteiger partial charge in [-0.05, 0) is 0 Å². The summed E-state index contributed by atoms with van der Waals surface area (Å²) in [6.07, 6.45) is -0.298. The van der Waals surface area contributed by atoms with Crippen molar-refractivity contribution in [2.24, 2.45) is 0 Å². The van der Waals surface area contributed by atoms with Crippen LogP contribution >= 0.6 is 30.8 Å². The highest BCUT2D eigenvalue weighted by Crippen LogP contribution is 2.22. The van der Waals surface area contributed by atoms with E-state index in [9.17, 15) is 9.59 Å². The van der Waals surface area contributed by atoms with Gasteiger partial charge in [0.25, 0.3) is 0 Å². The molecule has 0 saturated carbocycles. The fourth-order valence-electron chi connectivity index (χ4n) is 0.468. The summed E-state index contributed by atoms with van der Waals surface area (Å²) in [5, 5.41) is 16.8. The minimum Gasteiger partial charge on any atom is -0.481 e. The molecule has 0 heterocycles. The highest BCUT2D eigenvalue weighted by Gasteiger charge is 2.19. The molecule has 0 bridgehead atoms. The molecule has 2 atom stereocenters. The molecule has 0 fully saturated rings. The minimum absolute atomic E-state index is 0.0604. The molecule has 0 rings (SSSR count). The molecule has 11 heavy (non-hydrogen) atoms. The maximum absolute atomic E-state index is 10.3. The van der Waals surface area contributed by atoms with Crippen molar-refractivity contribution < 1.29 is 19.8 Å². The van der Waals surface area contributed by atoms with Gasteiger partial charge in [-0.25, -0.2) is 0 Å². The maximum atomic E-state index is 10.3. The monoisotopic (exact) mass is 287 g/mol. The smallest absolute Gasteiger partial charge is 0.310 e. The van der Waals surface area contributed by atoms with E-state index in [1.165, 1.54) is 0 Å². The van der Waals surface area contributed by atoms with E-state index < -0.39 is 17.6 Å². The molecule has 7 heteroatoms. The van der Waals surface area contributed by atoms with E-state index in [2.05, 4.69) is 0 Å². The van der Waals surface area contributed by atoms with E-state index in [0.29, 0.717) is 0 Å². The third kappa shape index (κ3) is 5.44. The quantitative estimate of drug-likeness (QED) is 0.440. The van der Waals surface area contributed by atoms with Gasteiger partial charge in [-0.3, -0.25) is 9.59 Å². The normalized spacial score (nSPS) is 13.2. The van der Waals surface area contributed by atoms with E-state index >= 15 is 0 Å². The molecule has 0 aliphatic carbocycles. The molecule has 2 N–H and O–H groups in total. The second kappa shape index (κ2) is 5.77. The molecule has 61 valence electrons. The first-order chi connectivity index (χ1) is 5.07. The molecule has 0 aliphatic rings. The van der Waals surface area contributed by atoms with Crippen LogP contribution < -0.4 is 0 Å². The molecule has 0 aromatic heterocycles. The van der Waals surface area contributed by atoms with Crippen LogP contribution in [0.4, 0.5) is 0 Å². The number of hydrogen-bond acceptors (Lipinski definition) is 2. The highest BCUT2D eigenvalue weighted by molar-refractivity contribution is 14.1. The molecule has 2 unspecified atom stereocenters. The van der Waals surface area contributed by atoms with Crippen molar-refractivity contribution in [1.82, 2.24) is 0 Å². The summed E-state index contributed by atoms with van der Waals surface area (Å²) in [4.78, 5) is 22.1. The van der Waals surface area contributed by atoms with Crippen molar-refractivity contribution in [1.29, 1.82) is 0 Å². The Morgan fingerprint density at radius 3 is 2.36 bits per heavy atom. The molecule has 0 aliphatic heterocycles. The van der Waals surface area contributed by atoms with Crippen molar-refractivity contribution in [3.8, 4) is 0 Å². The lowest BCUT2D eigenvalue weighted by molar-refractivity contribution is -0.143. The molecule has 1 radical (unpaired) electrons. The van der Waals surface area contributed by atoms with E-state index in [1.807, 2.05) is 22.4 Å². The third-order valence-corrected chi connectivity index (χ3v) is 3.00. The van der Waals surface area contributed by atoms with Crippen LogP contribution in [0.25, 0.3) is 0 Å². The fourth-order valence-corrected chi connectivity index (χ4v) is 2.36. The maximum Gasteiger partial charge on any atom is 0.310 e. The van der Waals surface area contributed by atoms with Gasteiger partial charge in [-0.15, -0.1) is 8.46 Å². The summed E-state index contributed by atoms with van der Waals surface area (Å²) in [6.45, 7) is 0. The number of carbonyl (C=O) groups is 2. The van der Waals surface area contributed by atoms with Gasteiger partial charge >= 0.3 is 11.9 Å². The molecule has 0 saturated heterocycles. The zero-order valence-electron chi connectivity index (χ0n) is 5.45. The van der Waals surface area contributed by atoms with Crippen molar-refractivity contribution in [3.63, 3.8) is 0 Å². The fraction of sp³-hybridized carbons (Fsp3) is 0.500. The van der Waals surface area contributed by atoms with Crippen LogP contribution in [0.5, 0.6) is 0 Å². The highest BCUT2D eigenvalue weighted by atomic mass is 127. The SMILES string of the molecule is O=C(O)CC(P[B]I)C(=O)O. The summed E-state index contributed by atoms with van der Waals surface area (Å²) in [7, 11) is 0.0604. The standard InChI is InChI=1S/C4H6BIO4P/c6-5-11-2(4(9)10)1-3(7)8/h2,11H,1H2,(H,7,8)(H,9,10). The lowest BCUT2D eigenvalue weighted by Gasteiger charge is -2.05. The van der Waals surface area contributed by atoms with Crippen molar-refractivity contribution in [3.05, 3.63) is 0 Å². The molecular weight excluding hydrogens is 281 g/mol. The number of aliphatic carboxylic acids is 2. The molecule has 0 amide bonds. The predicted molar refractivity (Wildman–Crippen MR) is 51.8 cm³/mol. The molecule has 0 aromatic rings. The number of hydrogen-bond donors (Lipinski definition) is 2. The van der Waals surface area contributed by atoms with Crippen LogP contribution in [0.2, 0.25) is 0 Å². The summed E-state index contributed by atoms with van der Waals surface area (Å²) in [6, 6.07) is 0. The van der Waals surface area contributed by atoms with E-state index in [0.717, 1.165) is 0 Å². The zero-order valence-corrected chi connectivity index (χ0v) is 8.61. The Hall–Kier alpha value is 0.165. The van der Waals surface area contributed by atoms with Crippen LogP contribution in [-0.4, -0.2) is 32.7 Å². The number of carboxylic acid groups (broad SMARTS) is 2. The van der Waals surface area contributed by atoms with E-state index in [-0.39, 0.29) is 14.9 Å². The van der Waals surface area contributed by atoms with Gasteiger partial charge in [0.1, 0.15) is 0 Å². The Labute approximate surface area is 79.6 Å². The average Bonchev–Trinajstić information content (AvgIpc) is 1.86. The van der Waals surface area contributed by atoms with Gasteiger partial charge in [0.2, 0.25) is 4.86 Å². The largest absolute Gasteiger partial charge is 0.481 e. The average molecular weight is 287 g/mol. The third-order valence-electron chi connectivity index (χ3n) is 0.941.